The Labute approximate surface area is 122 Å². The molecule has 2 aromatic rings. The van der Waals surface area contributed by atoms with E-state index < -0.39 is 6.10 Å². The third-order valence-corrected chi connectivity index (χ3v) is 3.77. The topological polar surface area (TPSA) is 61.4 Å². The fourth-order valence-corrected chi connectivity index (χ4v) is 2.57. The third kappa shape index (κ3) is 4.08. The molecule has 106 valence electrons. The minimum Gasteiger partial charge on any atom is -0.387 e. The summed E-state index contributed by atoms with van der Waals surface area (Å²) in [6.45, 7) is 2.63. The van der Waals surface area contributed by atoms with Crippen LogP contribution in [-0.4, -0.2) is 17.7 Å². The highest BCUT2D eigenvalue weighted by molar-refractivity contribution is 7.07. The molecule has 1 heterocycles. The predicted octanol–water partition coefficient (Wildman–Crippen LogP) is 2.59. The molecule has 0 fully saturated rings. The Morgan fingerprint density at radius 1 is 1.30 bits per heavy atom. The van der Waals surface area contributed by atoms with Crippen LogP contribution in [0.1, 0.15) is 22.8 Å². The Morgan fingerprint density at radius 2 is 2.10 bits per heavy atom. The molecule has 0 saturated heterocycles. The maximum Gasteiger partial charge on any atom is 0.315 e. The second-order valence-electron chi connectivity index (χ2n) is 4.57. The number of thiophene rings is 1. The monoisotopic (exact) mass is 290 g/mol. The largest absolute Gasteiger partial charge is 0.387 e. The standard InChI is InChI=1S/C15H18N2O2S/c1-11-4-2-3-5-13(11)14(18)9-17-15(19)16-8-12-6-7-20-10-12/h2-7,10,14,18H,8-9H2,1H3,(H2,16,17,19)/t14-/m0/s1. The van der Waals surface area contributed by atoms with Crippen molar-refractivity contribution in [2.24, 2.45) is 0 Å². The Kier molecular flexibility index (Phi) is 5.15. The van der Waals surface area contributed by atoms with Crippen molar-refractivity contribution in [2.75, 3.05) is 6.54 Å². The molecule has 2 amide bonds. The molecule has 4 nitrogen and oxygen atoms in total. The maximum absolute atomic E-state index is 11.6. The molecule has 0 aliphatic heterocycles. The molecule has 0 saturated carbocycles. The minimum atomic E-state index is -0.692. The van der Waals surface area contributed by atoms with Crippen LogP contribution in [0.15, 0.2) is 41.1 Å². The van der Waals surface area contributed by atoms with Crippen molar-refractivity contribution < 1.29 is 9.90 Å². The molecule has 1 atom stereocenters. The van der Waals surface area contributed by atoms with Gasteiger partial charge in [-0.05, 0) is 40.4 Å². The van der Waals surface area contributed by atoms with E-state index in [2.05, 4.69) is 10.6 Å². The van der Waals surface area contributed by atoms with Crippen molar-refractivity contribution >= 4 is 17.4 Å². The van der Waals surface area contributed by atoms with Gasteiger partial charge in [-0.2, -0.15) is 11.3 Å². The van der Waals surface area contributed by atoms with Gasteiger partial charge in [0, 0.05) is 13.1 Å². The predicted molar refractivity (Wildman–Crippen MR) is 80.7 cm³/mol. The van der Waals surface area contributed by atoms with Crippen LogP contribution >= 0.6 is 11.3 Å². The molecule has 1 aromatic heterocycles. The molecule has 3 N–H and O–H groups in total. The summed E-state index contributed by atoms with van der Waals surface area (Å²) in [5.41, 5.74) is 2.93. The summed E-state index contributed by atoms with van der Waals surface area (Å²) in [6, 6.07) is 9.30. The molecule has 0 radical (unpaired) electrons. The first kappa shape index (κ1) is 14.6. The zero-order valence-electron chi connectivity index (χ0n) is 11.3. The highest BCUT2D eigenvalue weighted by atomic mass is 32.1. The summed E-state index contributed by atoms with van der Waals surface area (Å²) < 4.78 is 0. The van der Waals surface area contributed by atoms with Crippen LogP contribution in [0.4, 0.5) is 4.79 Å². The SMILES string of the molecule is Cc1ccccc1[C@@H](O)CNC(=O)NCc1ccsc1. The zero-order chi connectivity index (χ0) is 14.4. The van der Waals surface area contributed by atoms with Gasteiger partial charge in [-0.3, -0.25) is 0 Å². The van der Waals surface area contributed by atoms with Gasteiger partial charge in [0.05, 0.1) is 6.10 Å². The molecular weight excluding hydrogens is 272 g/mol. The van der Waals surface area contributed by atoms with Crippen molar-refractivity contribution in [3.8, 4) is 0 Å². The van der Waals surface area contributed by atoms with Gasteiger partial charge in [0.1, 0.15) is 0 Å². The number of nitrogens with one attached hydrogen (secondary N) is 2. The van der Waals surface area contributed by atoms with Gasteiger partial charge in [-0.15, -0.1) is 0 Å². The first-order chi connectivity index (χ1) is 9.66. The molecule has 0 unspecified atom stereocenters. The van der Waals surface area contributed by atoms with Gasteiger partial charge in [-0.1, -0.05) is 24.3 Å². The highest BCUT2D eigenvalue weighted by Gasteiger charge is 2.11. The van der Waals surface area contributed by atoms with Crippen LogP contribution in [0.2, 0.25) is 0 Å². The lowest BCUT2D eigenvalue weighted by Gasteiger charge is -2.14. The highest BCUT2D eigenvalue weighted by Crippen LogP contribution is 2.16. The van der Waals surface area contributed by atoms with E-state index in [9.17, 15) is 9.90 Å². The second-order valence-corrected chi connectivity index (χ2v) is 5.35. The Morgan fingerprint density at radius 3 is 2.80 bits per heavy atom. The van der Waals surface area contributed by atoms with Crippen molar-refractivity contribution in [2.45, 2.75) is 19.6 Å². The zero-order valence-corrected chi connectivity index (χ0v) is 12.1. The number of aryl methyl sites for hydroxylation is 1. The summed E-state index contributed by atoms with van der Waals surface area (Å²) in [4.78, 5) is 11.6. The lowest BCUT2D eigenvalue weighted by Crippen LogP contribution is -2.37. The number of hydrogen-bond donors (Lipinski definition) is 3. The van der Waals surface area contributed by atoms with Crippen LogP contribution in [-0.2, 0) is 6.54 Å². The van der Waals surface area contributed by atoms with Crippen LogP contribution in [0.3, 0.4) is 0 Å². The molecule has 1 aromatic carbocycles. The summed E-state index contributed by atoms with van der Waals surface area (Å²) in [6.07, 6.45) is -0.692. The fraction of sp³-hybridized carbons (Fsp3) is 0.267. The maximum atomic E-state index is 11.6. The molecule has 2 rings (SSSR count). The molecule has 20 heavy (non-hydrogen) atoms. The van der Waals surface area contributed by atoms with Crippen LogP contribution in [0.25, 0.3) is 0 Å². The first-order valence-corrected chi connectivity index (χ1v) is 7.37. The van der Waals surface area contributed by atoms with Crippen LogP contribution in [0, 0.1) is 6.92 Å². The Hall–Kier alpha value is -1.85. The van der Waals surface area contributed by atoms with E-state index in [0.29, 0.717) is 6.54 Å². The molecule has 0 bridgehead atoms. The number of benzene rings is 1. The van der Waals surface area contributed by atoms with Crippen molar-refractivity contribution in [3.05, 3.63) is 57.8 Å². The van der Waals surface area contributed by atoms with Gasteiger partial charge >= 0.3 is 6.03 Å². The van der Waals surface area contributed by atoms with E-state index in [0.717, 1.165) is 16.7 Å². The molecule has 5 heteroatoms. The van der Waals surface area contributed by atoms with E-state index >= 15 is 0 Å². The summed E-state index contributed by atoms with van der Waals surface area (Å²) in [5, 5.41) is 19.4. The van der Waals surface area contributed by atoms with Gasteiger partial charge in [0.25, 0.3) is 0 Å². The molecule has 0 aliphatic carbocycles. The van der Waals surface area contributed by atoms with Crippen molar-refractivity contribution in [1.82, 2.24) is 10.6 Å². The quantitative estimate of drug-likeness (QED) is 0.792. The van der Waals surface area contributed by atoms with Crippen LogP contribution < -0.4 is 10.6 Å². The summed E-state index contributed by atoms with van der Waals surface area (Å²) in [5.74, 6) is 0. The molecule has 0 spiro atoms. The summed E-state index contributed by atoms with van der Waals surface area (Å²) in [7, 11) is 0. The van der Waals surface area contributed by atoms with E-state index in [1.807, 2.05) is 48.0 Å². The average molecular weight is 290 g/mol. The summed E-state index contributed by atoms with van der Waals surface area (Å²) >= 11 is 1.60. The number of carbonyl (C=O) groups is 1. The number of aliphatic hydroxyl groups is 1. The fourth-order valence-electron chi connectivity index (χ4n) is 1.90. The van der Waals surface area contributed by atoms with Crippen molar-refractivity contribution in [1.29, 1.82) is 0 Å². The van der Waals surface area contributed by atoms with E-state index in [1.54, 1.807) is 11.3 Å². The minimum absolute atomic E-state index is 0.195. The number of hydrogen-bond acceptors (Lipinski definition) is 3. The second kappa shape index (κ2) is 7.07. The van der Waals surface area contributed by atoms with Gasteiger partial charge in [0.2, 0.25) is 0 Å². The Balaban J connectivity index is 1.77. The number of aliphatic hydroxyl groups excluding tert-OH is 1. The molecule has 0 aliphatic rings. The van der Waals surface area contributed by atoms with Crippen LogP contribution in [0.5, 0.6) is 0 Å². The van der Waals surface area contributed by atoms with E-state index in [4.69, 9.17) is 0 Å². The average Bonchev–Trinajstić information content (AvgIpc) is 2.96. The Bertz CT molecular complexity index is 555. The lowest BCUT2D eigenvalue weighted by atomic mass is 10.0. The lowest BCUT2D eigenvalue weighted by molar-refractivity contribution is 0.172. The number of carbonyl (C=O) groups excluding carboxylic acids is 1. The first-order valence-electron chi connectivity index (χ1n) is 6.43. The van der Waals surface area contributed by atoms with Crippen molar-refractivity contribution in [3.63, 3.8) is 0 Å². The number of urea groups is 1. The third-order valence-electron chi connectivity index (χ3n) is 3.04. The van der Waals surface area contributed by atoms with E-state index in [1.165, 1.54) is 0 Å². The number of rotatable bonds is 5. The number of amides is 2. The normalized spacial score (nSPS) is 11.9. The molecular formula is C15H18N2O2S. The smallest absolute Gasteiger partial charge is 0.315 e. The van der Waals surface area contributed by atoms with Gasteiger partial charge < -0.3 is 15.7 Å². The van der Waals surface area contributed by atoms with Gasteiger partial charge in [-0.25, -0.2) is 4.79 Å². The van der Waals surface area contributed by atoms with Gasteiger partial charge in [0.15, 0.2) is 0 Å². The van der Waals surface area contributed by atoms with E-state index in [-0.39, 0.29) is 12.6 Å².